The highest BCUT2D eigenvalue weighted by Crippen LogP contribution is 2.33. The summed E-state index contributed by atoms with van der Waals surface area (Å²) in [6.07, 6.45) is 2.84. The van der Waals surface area contributed by atoms with Crippen LogP contribution in [0.25, 0.3) is 0 Å². The van der Waals surface area contributed by atoms with Crippen molar-refractivity contribution in [3.8, 4) is 0 Å². The van der Waals surface area contributed by atoms with Gasteiger partial charge in [-0.2, -0.15) is 0 Å². The van der Waals surface area contributed by atoms with E-state index in [4.69, 9.17) is 22.7 Å². The molecule has 2 rings (SSSR count). The van der Waals surface area contributed by atoms with Crippen molar-refractivity contribution in [1.29, 1.82) is 0 Å². The molecule has 1 saturated heterocycles. The van der Waals surface area contributed by atoms with Gasteiger partial charge in [-0.25, -0.2) is 0 Å². The molecule has 2 N–H and O–H groups in total. The van der Waals surface area contributed by atoms with Crippen molar-refractivity contribution in [3.63, 3.8) is 0 Å². The third-order valence-corrected chi connectivity index (χ3v) is 4.37. The maximum Gasteiger partial charge on any atom is 0.236 e. The topological polar surface area (TPSA) is 68.5 Å². The number of amides is 1. The summed E-state index contributed by atoms with van der Waals surface area (Å²) in [6.45, 7) is 4.06. The van der Waals surface area contributed by atoms with Crippen molar-refractivity contribution in [2.45, 2.75) is 26.3 Å². The quantitative estimate of drug-likeness (QED) is 0.835. The number of carbonyl (C=O) groups excluding carboxylic acids is 1. The molecule has 2 heterocycles. The molecule has 1 amide bonds. The number of ether oxygens (including phenoxy) is 1. The average molecular weight is 307 g/mol. The van der Waals surface area contributed by atoms with Crippen LogP contribution in [0.3, 0.4) is 0 Å². The Hall–Kier alpha value is -1.53. The zero-order valence-corrected chi connectivity index (χ0v) is 13.1. The number of nitrogens with two attached hydrogens (primary N) is 1. The summed E-state index contributed by atoms with van der Waals surface area (Å²) in [4.78, 5) is 19.3. The number of nitrogens with zero attached hydrogens (tertiary/aromatic N) is 2. The maximum absolute atomic E-state index is 13.0. The average Bonchev–Trinajstić information content (AvgIpc) is 2.53. The second-order valence-corrected chi connectivity index (χ2v) is 5.64. The third kappa shape index (κ3) is 3.39. The van der Waals surface area contributed by atoms with Crippen molar-refractivity contribution in [2.24, 2.45) is 11.1 Å². The summed E-state index contributed by atoms with van der Waals surface area (Å²) < 4.78 is 5.36. The zero-order chi connectivity index (χ0) is 15.3. The van der Waals surface area contributed by atoms with E-state index in [-0.39, 0.29) is 10.9 Å². The molecule has 0 aliphatic carbocycles. The van der Waals surface area contributed by atoms with Gasteiger partial charge >= 0.3 is 0 Å². The van der Waals surface area contributed by atoms with Crippen LogP contribution in [0.2, 0.25) is 0 Å². The number of rotatable bonds is 5. The van der Waals surface area contributed by atoms with E-state index in [1.807, 2.05) is 25.1 Å². The predicted molar refractivity (Wildman–Crippen MR) is 84.6 cm³/mol. The number of carbonyl (C=O) groups is 1. The van der Waals surface area contributed by atoms with Gasteiger partial charge < -0.3 is 15.4 Å². The van der Waals surface area contributed by atoms with Gasteiger partial charge in [0.25, 0.3) is 0 Å². The van der Waals surface area contributed by atoms with Crippen molar-refractivity contribution in [2.75, 3.05) is 19.8 Å². The van der Waals surface area contributed by atoms with E-state index < -0.39 is 5.41 Å². The van der Waals surface area contributed by atoms with E-state index in [1.54, 1.807) is 11.1 Å². The van der Waals surface area contributed by atoms with Crippen LogP contribution in [0, 0.1) is 5.41 Å². The van der Waals surface area contributed by atoms with E-state index in [9.17, 15) is 4.79 Å². The fourth-order valence-electron chi connectivity index (χ4n) is 2.60. The molecule has 0 atom stereocenters. The minimum atomic E-state index is -0.766. The molecule has 0 spiro atoms. The Morgan fingerprint density at radius 1 is 1.48 bits per heavy atom. The highest BCUT2D eigenvalue weighted by Gasteiger charge is 2.45. The Balaban J connectivity index is 2.19. The fraction of sp³-hybridized carbons (Fsp3) is 0.533. The van der Waals surface area contributed by atoms with Gasteiger partial charge in [0, 0.05) is 26.0 Å². The first-order valence-corrected chi connectivity index (χ1v) is 7.58. The van der Waals surface area contributed by atoms with E-state index in [2.05, 4.69) is 4.98 Å². The summed E-state index contributed by atoms with van der Waals surface area (Å²) in [6, 6.07) is 5.68. The summed E-state index contributed by atoms with van der Waals surface area (Å²) in [5, 5.41) is 0. The van der Waals surface area contributed by atoms with Crippen molar-refractivity contribution in [1.82, 2.24) is 9.88 Å². The van der Waals surface area contributed by atoms with Crippen LogP contribution in [-0.2, 0) is 16.1 Å². The number of pyridine rings is 1. The molecule has 1 aromatic rings. The molecule has 1 aromatic heterocycles. The molecule has 5 nitrogen and oxygen atoms in total. The molecule has 0 saturated carbocycles. The van der Waals surface area contributed by atoms with Crippen LogP contribution in [0.5, 0.6) is 0 Å². The van der Waals surface area contributed by atoms with Crippen LogP contribution >= 0.6 is 12.2 Å². The van der Waals surface area contributed by atoms with Crippen LogP contribution < -0.4 is 5.73 Å². The Morgan fingerprint density at radius 2 is 2.19 bits per heavy atom. The smallest absolute Gasteiger partial charge is 0.236 e. The Morgan fingerprint density at radius 3 is 2.71 bits per heavy atom. The first-order chi connectivity index (χ1) is 10.1. The van der Waals surface area contributed by atoms with Gasteiger partial charge in [-0.1, -0.05) is 18.3 Å². The molecule has 21 heavy (non-hydrogen) atoms. The van der Waals surface area contributed by atoms with Crippen LogP contribution in [0.15, 0.2) is 24.4 Å². The van der Waals surface area contributed by atoms with Gasteiger partial charge in [0.1, 0.15) is 5.41 Å². The molecule has 0 radical (unpaired) electrons. The highest BCUT2D eigenvalue weighted by molar-refractivity contribution is 7.80. The molecule has 114 valence electrons. The lowest BCUT2D eigenvalue weighted by atomic mass is 9.78. The lowest BCUT2D eigenvalue weighted by Crippen LogP contribution is -2.53. The standard InChI is InChI=1S/C15H21N3O2S/c1-2-18(11-12-5-3-4-8-17-12)14(19)15(13(16)21)6-9-20-10-7-15/h3-5,8H,2,6-7,9-11H2,1H3,(H2,16,21). The zero-order valence-electron chi connectivity index (χ0n) is 12.2. The first-order valence-electron chi connectivity index (χ1n) is 7.17. The second-order valence-electron chi connectivity index (χ2n) is 5.20. The van der Waals surface area contributed by atoms with E-state index in [0.717, 1.165) is 5.69 Å². The summed E-state index contributed by atoms with van der Waals surface area (Å²) in [5.41, 5.74) is 6.00. The van der Waals surface area contributed by atoms with Gasteiger partial charge in [-0.05, 0) is 31.9 Å². The second kappa shape index (κ2) is 6.95. The molecule has 1 aliphatic rings. The molecule has 6 heteroatoms. The molecular formula is C15H21N3O2S. The third-order valence-electron chi connectivity index (χ3n) is 3.98. The lowest BCUT2D eigenvalue weighted by Gasteiger charge is -2.38. The summed E-state index contributed by atoms with van der Waals surface area (Å²) >= 11 is 5.19. The molecule has 1 aliphatic heterocycles. The molecule has 1 fully saturated rings. The minimum Gasteiger partial charge on any atom is -0.392 e. The Kier molecular flexibility index (Phi) is 5.25. The summed E-state index contributed by atoms with van der Waals surface area (Å²) in [7, 11) is 0. The van der Waals surface area contributed by atoms with Gasteiger partial charge in [0.2, 0.25) is 5.91 Å². The van der Waals surface area contributed by atoms with Gasteiger partial charge in [0.05, 0.1) is 17.2 Å². The lowest BCUT2D eigenvalue weighted by molar-refractivity contribution is -0.142. The molecular weight excluding hydrogens is 286 g/mol. The first kappa shape index (κ1) is 15.9. The number of hydrogen-bond acceptors (Lipinski definition) is 4. The van der Waals surface area contributed by atoms with Crippen LogP contribution in [0.4, 0.5) is 0 Å². The fourth-order valence-corrected chi connectivity index (χ4v) is 2.89. The van der Waals surface area contributed by atoms with Crippen molar-refractivity contribution >= 4 is 23.1 Å². The van der Waals surface area contributed by atoms with E-state index in [0.29, 0.717) is 39.1 Å². The minimum absolute atomic E-state index is 0.00791. The van der Waals surface area contributed by atoms with Crippen LogP contribution in [-0.4, -0.2) is 40.5 Å². The number of hydrogen-bond donors (Lipinski definition) is 1. The Bertz CT molecular complexity index is 501. The molecule has 0 aromatic carbocycles. The largest absolute Gasteiger partial charge is 0.392 e. The highest BCUT2D eigenvalue weighted by atomic mass is 32.1. The van der Waals surface area contributed by atoms with Crippen molar-refractivity contribution in [3.05, 3.63) is 30.1 Å². The normalized spacial score (nSPS) is 17.2. The molecule has 0 unspecified atom stereocenters. The monoisotopic (exact) mass is 307 g/mol. The van der Waals surface area contributed by atoms with Crippen molar-refractivity contribution < 1.29 is 9.53 Å². The van der Waals surface area contributed by atoms with E-state index in [1.165, 1.54) is 0 Å². The van der Waals surface area contributed by atoms with E-state index >= 15 is 0 Å². The predicted octanol–water partition coefficient (Wildman–Crippen LogP) is 1.51. The van der Waals surface area contributed by atoms with Gasteiger partial charge in [-0.3, -0.25) is 9.78 Å². The van der Waals surface area contributed by atoms with Crippen LogP contribution in [0.1, 0.15) is 25.5 Å². The van der Waals surface area contributed by atoms with Gasteiger partial charge in [-0.15, -0.1) is 0 Å². The van der Waals surface area contributed by atoms with Gasteiger partial charge in [0.15, 0.2) is 0 Å². The maximum atomic E-state index is 13.0. The number of aromatic nitrogens is 1. The summed E-state index contributed by atoms with van der Waals surface area (Å²) in [5.74, 6) is -0.00791. The SMILES string of the molecule is CCN(Cc1ccccn1)C(=O)C1(C(N)=S)CCOCC1. The molecule has 0 bridgehead atoms. The number of thiocarbonyl (C=S) groups is 1. The Labute approximate surface area is 130 Å².